The Balaban J connectivity index is 2.02. The van der Waals surface area contributed by atoms with E-state index in [2.05, 4.69) is 0 Å². The van der Waals surface area contributed by atoms with Crippen molar-refractivity contribution in [3.05, 3.63) is 0 Å². The quantitative estimate of drug-likeness (QED) is 0.701. The summed E-state index contributed by atoms with van der Waals surface area (Å²) in [7, 11) is 0. The average molecular weight is 241 g/mol. The molecule has 2 aliphatic heterocycles. The standard InChI is InChI=1S/C12H19NO2S/c1-9-8-13(6-4-10(9)14)11(15)12(2)5-3-7-16-12/h9H,3-8H2,1-2H3. The van der Waals surface area contributed by atoms with Crippen molar-refractivity contribution in [2.75, 3.05) is 18.8 Å². The van der Waals surface area contributed by atoms with Crippen LogP contribution >= 0.6 is 11.8 Å². The first-order valence-corrected chi connectivity index (χ1v) is 6.97. The Bertz CT molecular complexity index is 310. The Labute approximate surface area is 101 Å². The molecule has 0 aliphatic carbocycles. The highest BCUT2D eigenvalue weighted by atomic mass is 32.2. The summed E-state index contributed by atoms with van der Waals surface area (Å²) < 4.78 is -0.222. The molecule has 3 nitrogen and oxygen atoms in total. The van der Waals surface area contributed by atoms with Gasteiger partial charge in [0, 0.05) is 25.4 Å². The van der Waals surface area contributed by atoms with Crippen LogP contribution in [0.25, 0.3) is 0 Å². The van der Waals surface area contributed by atoms with E-state index in [0.29, 0.717) is 25.3 Å². The number of hydrogen-bond donors (Lipinski definition) is 0. The average Bonchev–Trinajstić information content (AvgIpc) is 2.70. The highest BCUT2D eigenvalue weighted by molar-refractivity contribution is 8.01. The summed E-state index contributed by atoms with van der Waals surface area (Å²) in [4.78, 5) is 25.7. The summed E-state index contributed by atoms with van der Waals surface area (Å²) in [6.45, 7) is 5.21. The van der Waals surface area contributed by atoms with Crippen LogP contribution in [0.4, 0.5) is 0 Å². The van der Waals surface area contributed by atoms with Gasteiger partial charge in [0.25, 0.3) is 0 Å². The zero-order chi connectivity index (χ0) is 11.8. The smallest absolute Gasteiger partial charge is 0.238 e. The molecule has 2 atom stereocenters. The Kier molecular flexibility index (Phi) is 3.29. The van der Waals surface area contributed by atoms with Gasteiger partial charge in [-0.1, -0.05) is 6.92 Å². The molecule has 2 fully saturated rings. The van der Waals surface area contributed by atoms with Crippen LogP contribution in [0.5, 0.6) is 0 Å². The van der Waals surface area contributed by atoms with Crippen LogP contribution in [0.15, 0.2) is 0 Å². The molecule has 0 radical (unpaired) electrons. The second kappa shape index (κ2) is 4.40. The van der Waals surface area contributed by atoms with Gasteiger partial charge in [-0.05, 0) is 25.5 Å². The highest BCUT2D eigenvalue weighted by Crippen LogP contribution is 2.39. The number of rotatable bonds is 1. The van der Waals surface area contributed by atoms with Crippen LogP contribution in [-0.4, -0.2) is 40.2 Å². The fraction of sp³-hybridized carbons (Fsp3) is 0.833. The lowest BCUT2D eigenvalue weighted by Crippen LogP contribution is -2.50. The largest absolute Gasteiger partial charge is 0.340 e. The van der Waals surface area contributed by atoms with Gasteiger partial charge in [0.2, 0.25) is 5.91 Å². The van der Waals surface area contributed by atoms with Crippen molar-refractivity contribution in [2.24, 2.45) is 5.92 Å². The van der Waals surface area contributed by atoms with Gasteiger partial charge >= 0.3 is 0 Å². The SMILES string of the molecule is CC1CN(C(=O)C2(C)CCCS2)CCC1=O. The molecular formula is C12H19NO2S. The zero-order valence-electron chi connectivity index (χ0n) is 9.99. The van der Waals surface area contributed by atoms with Crippen LogP contribution in [0, 0.1) is 5.92 Å². The van der Waals surface area contributed by atoms with E-state index in [9.17, 15) is 9.59 Å². The number of hydrogen-bond acceptors (Lipinski definition) is 3. The Hall–Kier alpha value is -0.510. The van der Waals surface area contributed by atoms with E-state index >= 15 is 0 Å². The van der Waals surface area contributed by atoms with E-state index in [0.717, 1.165) is 18.6 Å². The molecule has 0 bridgehead atoms. The van der Waals surface area contributed by atoms with Gasteiger partial charge in [0.1, 0.15) is 5.78 Å². The number of nitrogens with zero attached hydrogens (tertiary/aromatic N) is 1. The molecule has 0 N–H and O–H groups in total. The van der Waals surface area contributed by atoms with Gasteiger partial charge in [-0.15, -0.1) is 11.8 Å². The molecule has 0 aromatic carbocycles. The van der Waals surface area contributed by atoms with Gasteiger partial charge in [0.05, 0.1) is 4.75 Å². The lowest BCUT2D eigenvalue weighted by Gasteiger charge is -2.35. The van der Waals surface area contributed by atoms with Crippen LogP contribution < -0.4 is 0 Å². The topological polar surface area (TPSA) is 37.4 Å². The van der Waals surface area contributed by atoms with Crippen LogP contribution in [-0.2, 0) is 9.59 Å². The lowest BCUT2D eigenvalue weighted by molar-refractivity contribution is -0.138. The third-order valence-corrected chi connectivity index (χ3v) is 5.14. The van der Waals surface area contributed by atoms with Crippen molar-refractivity contribution in [3.8, 4) is 0 Å². The summed E-state index contributed by atoms with van der Waals surface area (Å²) in [5.41, 5.74) is 0. The van der Waals surface area contributed by atoms with Gasteiger partial charge in [-0.2, -0.15) is 0 Å². The van der Waals surface area contributed by atoms with Crippen LogP contribution in [0.2, 0.25) is 0 Å². The van der Waals surface area contributed by atoms with Crippen molar-refractivity contribution in [1.82, 2.24) is 4.90 Å². The number of carbonyl (C=O) groups is 2. The molecule has 2 unspecified atom stereocenters. The van der Waals surface area contributed by atoms with E-state index in [1.165, 1.54) is 0 Å². The number of carbonyl (C=O) groups excluding carboxylic acids is 2. The minimum absolute atomic E-state index is 0.0210. The maximum atomic E-state index is 12.4. The molecule has 0 aromatic rings. The fourth-order valence-corrected chi connectivity index (χ4v) is 3.76. The van der Waals surface area contributed by atoms with Crippen molar-refractivity contribution >= 4 is 23.5 Å². The number of likely N-dealkylation sites (tertiary alicyclic amines) is 1. The molecule has 4 heteroatoms. The molecule has 1 amide bonds. The van der Waals surface area contributed by atoms with Gasteiger partial charge in [-0.3, -0.25) is 9.59 Å². The number of Topliss-reactive ketones (excluding diaryl/α,β-unsaturated/α-hetero) is 1. The van der Waals surface area contributed by atoms with Gasteiger partial charge in [0.15, 0.2) is 0 Å². The van der Waals surface area contributed by atoms with Gasteiger partial charge in [-0.25, -0.2) is 0 Å². The summed E-state index contributed by atoms with van der Waals surface area (Å²) in [5.74, 6) is 1.65. The van der Waals surface area contributed by atoms with E-state index < -0.39 is 0 Å². The predicted molar refractivity (Wildman–Crippen MR) is 65.5 cm³/mol. The number of ketones is 1. The van der Waals surface area contributed by atoms with Crippen molar-refractivity contribution in [3.63, 3.8) is 0 Å². The third kappa shape index (κ3) is 2.12. The molecule has 16 heavy (non-hydrogen) atoms. The molecule has 2 aliphatic rings. The van der Waals surface area contributed by atoms with E-state index in [-0.39, 0.29) is 16.6 Å². The number of amides is 1. The van der Waals surface area contributed by atoms with E-state index in [1.54, 1.807) is 11.8 Å². The highest BCUT2D eigenvalue weighted by Gasteiger charge is 2.41. The third-order valence-electron chi connectivity index (χ3n) is 3.63. The Morgan fingerprint density at radius 1 is 1.56 bits per heavy atom. The summed E-state index contributed by atoms with van der Waals surface area (Å²) in [5, 5.41) is 0. The minimum Gasteiger partial charge on any atom is -0.340 e. The summed E-state index contributed by atoms with van der Waals surface area (Å²) >= 11 is 1.77. The van der Waals surface area contributed by atoms with Crippen molar-refractivity contribution in [2.45, 2.75) is 37.9 Å². The van der Waals surface area contributed by atoms with E-state index in [4.69, 9.17) is 0 Å². The molecule has 90 valence electrons. The van der Waals surface area contributed by atoms with Crippen molar-refractivity contribution < 1.29 is 9.59 Å². The normalized spacial score (nSPS) is 35.5. The molecule has 2 saturated heterocycles. The molecule has 0 spiro atoms. The maximum Gasteiger partial charge on any atom is 0.238 e. The van der Waals surface area contributed by atoms with Crippen LogP contribution in [0.1, 0.15) is 33.1 Å². The molecular weight excluding hydrogens is 222 g/mol. The summed E-state index contributed by atoms with van der Waals surface area (Å²) in [6.07, 6.45) is 2.65. The Morgan fingerprint density at radius 3 is 2.88 bits per heavy atom. The zero-order valence-corrected chi connectivity index (χ0v) is 10.8. The summed E-state index contributed by atoms with van der Waals surface area (Å²) in [6, 6.07) is 0. The monoisotopic (exact) mass is 241 g/mol. The first-order valence-electron chi connectivity index (χ1n) is 5.99. The van der Waals surface area contributed by atoms with Crippen molar-refractivity contribution in [1.29, 1.82) is 0 Å². The first-order chi connectivity index (χ1) is 7.53. The molecule has 0 aromatic heterocycles. The lowest BCUT2D eigenvalue weighted by atomic mass is 9.96. The maximum absolute atomic E-state index is 12.4. The number of thioether (sulfide) groups is 1. The molecule has 2 heterocycles. The number of piperidine rings is 1. The molecule has 0 saturated carbocycles. The fourth-order valence-electron chi connectivity index (χ4n) is 2.48. The second-order valence-corrected chi connectivity index (χ2v) is 6.65. The predicted octanol–water partition coefficient (Wildman–Crippen LogP) is 1.71. The molecule has 2 rings (SSSR count). The second-order valence-electron chi connectivity index (χ2n) is 5.05. The van der Waals surface area contributed by atoms with Gasteiger partial charge < -0.3 is 4.90 Å². The Morgan fingerprint density at radius 2 is 2.31 bits per heavy atom. The first kappa shape index (κ1) is 12.0. The van der Waals surface area contributed by atoms with Crippen LogP contribution in [0.3, 0.4) is 0 Å². The van der Waals surface area contributed by atoms with E-state index in [1.807, 2.05) is 18.7 Å². The minimum atomic E-state index is -0.222.